The average molecular weight is 292 g/mol. The van der Waals surface area contributed by atoms with Crippen LogP contribution in [0.15, 0.2) is 0 Å². The van der Waals surface area contributed by atoms with Gasteiger partial charge in [0, 0.05) is 0 Å². The van der Waals surface area contributed by atoms with Crippen LogP contribution in [0.5, 0.6) is 0 Å². The molecule has 0 aromatic rings. The molecule has 0 spiro atoms. The Labute approximate surface area is 115 Å². The maximum atomic E-state index is 12.6. The van der Waals surface area contributed by atoms with Crippen LogP contribution in [0.2, 0.25) is 0 Å². The molecule has 0 bridgehead atoms. The summed E-state index contributed by atoms with van der Waals surface area (Å²) in [4.78, 5) is 24.8. The van der Waals surface area contributed by atoms with Crippen molar-refractivity contribution in [2.45, 2.75) is 57.3 Å². The minimum absolute atomic E-state index is 0.0385. The standard InChI is InChI=1S/C13H19F3N2O2/c1-8-11(19)17-10(9-5-3-2-4-6-9)12(20)18(8)7-13(14,15)16/h8-10H,2-7H2,1H3,(H,17,19). The van der Waals surface area contributed by atoms with Gasteiger partial charge in [-0.25, -0.2) is 0 Å². The summed E-state index contributed by atoms with van der Waals surface area (Å²) < 4.78 is 37.7. The van der Waals surface area contributed by atoms with Crippen LogP contribution in [-0.4, -0.2) is 41.5 Å². The molecule has 0 aromatic carbocycles. The second kappa shape index (κ2) is 5.61. The molecule has 0 radical (unpaired) electrons. The lowest BCUT2D eigenvalue weighted by atomic mass is 9.82. The first kappa shape index (κ1) is 15.1. The van der Waals surface area contributed by atoms with Crippen LogP contribution in [0, 0.1) is 5.92 Å². The molecule has 20 heavy (non-hydrogen) atoms. The molecule has 2 aliphatic rings. The number of piperazine rings is 1. The number of rotatable bonds is 2. The number of nitrogens with one attached hydrogen (secondary N) is 1. The molecule has 1 aliphatic heterocycles. The number of hydrogen-bond donors (Lipinski definition) is 1. The van der Waals surface area contributed by atoms with Gasteiger partial charge in [0.1, 0.15) is 18.6 Å². The van der Waals surface area contributed by atoms with Crippen molar-refractivity contribution in [2.24, 2.45) is 5.92 Å². The largest absolute Gasteiger partial charge is 0.406 e. The van der Waals surface area contributed by atoms with Gasteiger partial charge < -0.3 is 10.2 Å². The lowest BCUT2D eigenvalue weighted by Crippen LogP contribution is -2.65. The van der Waals surface area contributed by atoms with Crippen molar-refractivity contribution in [2.75, 3.05) is 6.54 Å². The van der Waals surface area contributed by atoms with Crippen LogP contribution in [0.4, 0.5) is 13.2 Å². The normalized spacial score (nSPS) is 29.5. The third kappa shape index (κ3) is 3.24. The Morgan fingerprint density at radius 1 is 1.20 bits per heavy atom. The highest BCUT2D eigenvalue weighted by Gasteiger charge is 2.45. The van der Waals surface area contributed by atoms with Crippen molar-refractivity contribution in [3.05, 3.63) is 0 Å². The van der Waals surface area contributed by atoms with E-state index in [1.54, 1.807) is 0 Å². The van der Waals surface area contributed by atoms with E-state index in [-0.39, 0.29) is 5.92 Å². The molecule has 7 heteroatoms. The zero-order valence-corrected chi connectivity index (χ0v) is 11.4. The molecule has 2 rings (SSSR count). The van der Waals surface area contributed by atoms with Gasteiger partial charge in [0.05, 0.1) is 0 Å². The monoisotopic (exact) mass is 292 g/mol. The number of halogens is 3. The van der Waals surface area contributed by atoms with Gasteiger partial charge in [-0.15, -0.1) is 0 Å². The summed E-state index contributed by atoms with van der Waals surface area (Å²) in [5.41, 5.74) is 0. The fourth-order valence-electron chi connectivity index (χ4n) is 3.04. The molecule has 0 aromatic heterocycles. The molecule has 1 heterocycles. The molecular formula is C13H19F3N2O2. The smallest absolute Gasteiger partial charge is 0.342 e. The maximum absolute atomic E-state index is 12.6. The highest BCUT2D eigenvalue weighted by molar-refractivity contribution is 5.97. The molecule has 2 unspecified atom stereocenters. The third-order valence-corrected chi connectivity index (χ3v) is 4.16. The summed E-state index contributed by atoms with van der Waals surface area (Å²) in [7, 11) is 0. The van der Waals surface area contributed by atoms with Gasteiger partial charge in [-0.2, -0.15) is 13.2 Å². The van der Waals surface area contributed by atoms with E-state index in [4.69, 9.17) is 0 Å². The van der Waals surface area contributed by atoms with Crippen LogP contribution in [0.3, 0.4) is 0 Å². The van der Waals surface area contributed by atoms with E-state index in [0.29, 0.717) is 4.90 Å². The first-order valence-electron chi connectivity index (χ1n) is 6.97. The molecule has 4 nitrogen and oxygen atoms in total. The van der Waals surface area contributed by atoms with Crippen molar-refractivity contribution in [1.29, 1.82) is 0 Å². The van der Waals surface area contributed by atoms with Crippen LogP contribution < -0.4 is 5.32 Å². The minimum Gasteiger partial charge on any atom is -0.342 e. The first-order chi connectivity index (χ1) is 9.29. The number of carbonyl (C=O) groups excluding carboxylic acids is 2. The zero-order valence-electron chi connectivity index (χ0n) is 11.4. The summed E-state index contributed by atoms with van der Waals surface area (Å²) in [6, 6.07) is -1.86. The van der Waals surface area contributed by atoms with Crippen LogP contribution in [0.25, 0.3) is 0 Å². The summed E-state index contributed by atoms with van der Waals surface area (Å²) in [6.45, 7) is -0.0281. The van der Waals surface area contributed by atoms with E-state index in [0.717, 1.165) is 32.1 Å². The lowest BCUT2D eigenvalue weighted by Gasteiger charge is -2.41. The maximum Gasteiger partial charge on any atom is 0.406 e. The topological polar surface area (TPSA) is 49.4 Å². The van der Waals surface area contributed by atoms with Crippen molar-refractivity contribution in [3.63, 3.8) is 0 Å². The third-order valence-electron chi connectivity index (χ3n) is 4.16. The van der Waals surface area contributed by atoms with Crippen LogP contribution in [0.1, 0.15) is 39.0 Å². The first-order valence-corrected chi connectivity index (χ1v) is 6.97. The molecule has 114 valence electrons. The number of hydrogen-bond acceptors (Lipinski definition) is 2. The van der Waals surface area contributed by atoms with E-state index in [1.807, 2.05) is 0 Å². The predicted molar refractivity (Wildman–Crippen MR) is 65.7 cm³/mol. The molecule has 2 amide bonds. The van der Waals surface area contributed by atoms with Gasteiger partial charge in [0.2, 0.25) is 11.8 Å². The fraction of sp³-hybridized carbons (Fsp3) is 0.846. The van der Waals surface area contributed by atoms with E-state index in [1.165, 1.54) is 6.92 Å². The molecule has 1 N–H and O–H groups in total. The number of alkyl halides is 3. The number of amides is 2. The molecule has 1 saturated carbocycles. The Balaban J connectivity index is 2.14. The van der Waals surface area contributed by atoms with Gasteiger partial charge >= 0.3 is 6.18 Å². The van der Waals surface area contributed by atoms with E-state index in [2.05, 4.69) is 5.32 Å². The van der Waals surface area contributed by atoms with Crippen molar-refractivity contribution < 1.29 is 22.8 Å². The summed E-state index contributed by atoms with van der Waals surface area (Å²) in [5, 5.41) is 2.60. The lowest BCUT2D eigenvalue weighted by molar-refractivity contribution is -0.174. The molecule has 1 saturated heterocycles. The van der Waals surface area contributed by atoms with Gasteiger partial charge in [0.25, 0.3) is 0 Å². The summed E-state index contributed by atoms with van der Waals surface area (Å²) >= 11 is 0. The zero-order chi connectivity index (χ0) is 14.9. The van der Waals surface area contributed by atoms with E-state index in [9.17, 15) is 22.8 Å². The van der Waals surface area contributed by atoms with Crippen molar-refractivity contribution in [3.8, 4) is 0 Å². The second-order valence-electron chi connectivity index (χ2n) is 5.64. The Kier molecular flexibility index (Phi) is 4.25. The molecule has 2 atom stereocenters. The Bertz CT molecular complexity index is 392. The van der Waals surface area contributed by atoms with Gasteiger partial charge in [-0.05, 0) is 25.7 Å². The van der Waals surface area contributed by atoms with Crippen molar-refractivity contribution in [1.82, 2.24) is 10.2 Å². The van der Waals surface area contributed by atoms with Crippen LogP contribution in [-0.2, 0) is 9.59 Å². The van der Waals surface area contributed by atoms with Gasteiger partial charge in [-0.1, -0.05) is 19.3 Å². The Morgan fingerprint density at radius 3 is 2.35 bits per heavy atom. The van der Waals surface area contributed by atoms with Gasteiger partial charge in [0.15, 0.2) is 0 Å². The van der Waals surface area contributed by atoms with E-state index < -0.39 is 36.6 Å². The minimum atomic E-state index is -4.49. The highest BCUT2D eigenvalue weighted by atomic mass is 19.4. The number of nitrogens with zero attached hydrogens (tertiary/aromatic N) is 1. The summed E-state index contributed by atoms with van der Waals surface area (Å²) in [5.74, 6) is -1.13. The van der Waals surface area contributed by atoms with Crippen LogP contribution >= 0.6 is 0 Å². The number of carbonyl (C=O) groups is 2. The molecular weight excluding hydrogens is 273 g/mol. The Morgan fingerprint density at radius 2 is 1.80 bits per heavy atom. The molecule has 2 fully saturated rings. The highest BCUT2D eigenvalue weighted by Crippen LogP contribution is 2.30. The van der Waals surface area contributed by atoms with E-state index >= 15 is 0 Å². The van der Waals surface area contributed by atoms with Crippen molar-refractivity contribution >= 4 is 11.8 Å². The predicted octanol–water partition coefficient (Wildman–Crippen LogP) is 1.84. The summed E-state index contributed by atoms with van der Waals surface area (Å²) in [6.07, 6.45) is 0.0703. The average Bonchev–Trinajstić information content (AvgIpc) is 2.39. The second-order valence-corrected chi connectivity index (χ2v) is 5.64. The Hall–Kier alpha value is -1.27. The quantitative estimate of drug-likeness (QED) is 0.844. The van der Waals surface area contributed by atoms with Gasteiger partial charge in [-0.3, -0.25) is 9.59 Å². The fourth-order valence-corrected chi connectivity index (χ4v) is 3.04. The molecule has 1 aliphatic carbocycles. The SMILES string of the molecule is CC1C(=O)NC(C2CCCCC2)C(=O)N1CC(F)(F)F.